The van der Waals surface area contributed by atoms with Gasteiger partial charge in [-0.25, -0.2) is 0 Å². The quantitative estimate of drug-likeness (QED) is 0.927. The van der Waals surface area contributed by atoms with Crippen molar-refractivity contribution in [2.24, 2.45) is 5.73 Å². The van der Waals surface area contributed by atoms with E-state index >= 15 is 0 Å². The Labute approximate surface area is 120 Å². The number of hydrogen-bond acceptors (Lipinski definition) is 2. The van der Waals surface area contributed by atoms with Crippen LogP contribution in [-0.4, -0.2) is 23.9 Å². The Morgan fingerprint density at radius 3 is 2.44 bits per heavy atom. The number of nitrogens with zero attached hydrogens (tertiary/aromatic N) is 1. The fourth-order valence-corrected chi connectivity index (χ4v) is 1.95. The minimum absolute atomic E-state index is 0. The van der Waals surface area contributed by atoms with Crippen molar-refractivity contribution in [2.75, 3.05) is 7.05 Å². The molecule has 0 saturated heterocycles. The first-order valence-electron chi connectivity index (χ1n) is 5.69. The zero-order chi connectivity index (χ0) is 13.0. The molecule has 0 aromatic heterocycles. The highest BCUT2D eigenvalue weighted by molar-refractivity contribution is 6.31. The molecule has 3 nitrogen and oxygen atoms in total. The molecule has 0 aliphatic rings. The van der Waals surface area contributed by atoms with E-state index in [1.54, 1.807) is 11.9 Å². The van der Waals surface area contributed by atoms with Crippen LogP contribution in [0.15, 0.2) is 24.3 Å². The summed E-state index contributed by atoms with van der Waals surface area (Å²) in [6.07, 6.45) is 0.352. The van der Waals surface area contributed by atoms with Gasteiger partial charge in [0.05, 0.1) is 6.04 Å². The van der Waals surface area contributed by atoms with Gasteiger partial charge in [0.25, 0.3) is 0 Å². The molecule has 0 aliphatic heterocycles. The Kier molecular flexibility index (Phi) is 7.29. The summed E-state index contributed by atoms with van der Waals surface area (Å²) in [5.74, 6) is 0.0346. The summed E-state index contributed by atoms with van der Waals surface area (Å²) in [7, 11) is 1.78. The highest BCUT2D eigenvalue weighted by atomic mass is 35.5. The Bertz CT molecular complexity index is 396. The van der Waals surface area contributed by atoms with Crippen LogP contribution in [0.25, 0.3) is 0 Å². The molecule has 0 heterocycles. The molecule has 0 spiro atoms. The van der Waals surface area contributed by atoms with Gasteiger partial charge in [-0.2, -0.15) is 0 Å². The van der Waals surface area contributed by atoms with Crippen LogP contribution in [0.1, 0.15) is 31.9 Å². The van der Waals surface area contributed by atoms with Crippen molar-refractivity contribution in [2.45, 2.75) is 32.4 Å². The monoisotopic (exact) mass is 290 g/mol. The smallest absolute Gasteiger partial charge is 0.224 e. The van der Waals surface area contributed by atoms with E-state index in [2.05, 4.69) is 0 Å². The van der Waals surface area contributed by atoms with E-state index in [-0.39, 0.29) is 30.4 Å². The normalized spacial score (nSPS) is 13.4. The van der Waals surface area contributed by atoms with Crippen LogP contribution in [-0.2, 0) is 4.79 Å². The summed E-state index contributed by atoms with van der Waals surface area (Å²) in [6, 6.07) is 7.39. The first-order chi connectivity index (χ1) is 7.93. The number of benzene rings is 1. The van der Waals surface area contributed by atoms with Crippen LogP contribution >= 0.6 is 24.0 Å². The number of hydrogen-bond donors (Lipinski definition) is 1. The lowest BCUT2D eigenvalue weighted by molar-refractivity contribution is -0.132. The number of amides is 1. The van der Waals surface area contributed by atoms with Crippen LogP contribution in [0.4, 0.5) is 0 Å². The molecular weight excluding hydrogens is 271 g/mol. The minimum Gasteiger partial charge on any atom is -0.339 e. The molecule has 2 N–H and O–H groups in total. The zero-order valence-electron chi connectivity index (χ0n) is 10.9. The minimum atomic E-state index is -0.122. The average molecular weight is 291 g/mol. The van der Waals surface area contributed by atoms with Gasteiger partial charge in [0.15, 0.2) is 0 Å². The summed E-state index contributed by atoms with van der Waals surface area (Å²) in [4.78, 5) is 13.6. The van der Waals surface area contributed by atoms with Crippen LogP contribution < -0.4 is 5.73 Å². The van der Waals surface area contributed by atoms with E-state index in [0.717, 1.165) is 5.56 Å². The molecule has 0 bridgehead atoms. The predicted octanol–water partition coefficient (Wildman–Crippen LogP) is 3.02. The standard InChI is InChI=1S/C13H19ClN2O.ClH/c1-9(15)8-13(17)16(3)10(2)11-6-4-5-7-12(11)14;/h4-7,9-10H,8,15H2,1-3H3;1H. The second-order valence-corrected chi connectivity index (χ2v) is 4.79. The Morgan fingerprint density at radius 2 is 1.94 bits per heavy atom. The largest absolute Gasteiger partial charge is 0.339 e. The molecule has 0 fully saturated rings. The fraction of sp³-hybridized carbons (Fsp3) is 0.462. The number of halogens is 2. The maximum atomic E-state index is 11.9. The van der Waals surface area contributed by atoms with Crippen molar-refractivity contribution in [1.82, 2.24) is 4.90 Å². The zero-order valence-corrected chi connectivity index (χ0v) is 12.5. The summed E-state index contributed by atoms with van der Waals surface area (Å²) >= 11 is 6.11. The number of rotatable bonds is 4. The predicted molar refractivity (Wildman–Crippen MR) is 78.2 cm³/mol. The van der Waals surface area contributed by atoms with Gasteiger partial charge in [0, 0.05) is 24.5 Å². The molecule has 2 atom stereocenters. The van der Waals surface area contributed by atoms with E-state index in [1.807, 2.05) is 38.1 Å². The Balaban J connectivity index is 0.00000289. The molecule has 1 amide bonds. The van der Waals surface area contributed by atoms with Crippen molar-refractivity contribution >= 4 is 29.9 Å². The molecule has 0 aliphatic carbocycles. The lowest BCUT2D eigenvalue weighted by Gasteiger charge is -2.26. The van der Waals surface area contributed by atoms with Crippen molar-refractivity contribution in [3.05, 3.63) is 34.9 Å². The van der Waals surface area contributed by atoms with Gasteiger partial charge in [0.1, 0.15) is 0 Å². The Morgan fingerprint density at radius 1 is 1.39 bits per heavy atom. The van der Waals surface area contributed by atoms with E-state index in [1.165, 1.54) is 0 Å². The molecule has 2 unspecified atom stereocenters. The summed E-state index contributed by atoms with van der Waals surface area (Å²) in [5.41, 5.74) is 6.58. The lowest BCUT2D eigenvalue weighted by atomic mass is 10.1. The fourth-order valence-electron chi connectivity index (χ4n) is 1.66. The second-order valence-electron chi connectivity index (χ2n) is 4.38. The van der Waals surface area contributed by atoms with E-state index < -0.39 is 0 Å². The molecule has 102 valence electrons. The van der Waals surface area contributed by atoms with E-state index in [4.69, 9.17) is 17.3 Å². The van der Waals surface area contributed by atoms with Crippen LogP contribution in [0.5, 0.6) is 0 Å². The molecule has 1 rings (SSSR count). The number of carbonyl (C=O) groups is 1. The summed E-state index contributed by atoms with van der Waals surface area (Å²) in [6.45, 7) is 3.78. The highest BCUT2D eigenvalue weighted by Crippen LogP contribution is 2.26. The van der Waals surface area contributed by atoms with Crippen LogP contribution in [0.3, 0.4) is 0 Å². The van der Waals surface area contributed by atoms with Gasteiger partial charge in [-0.15, -0.1) is 12.4 Å². The third-order valence-electron chi connectivity index (χ3n) is 2.83. The van der Waals surface area contributed by atoms with Crippen molar-refractivity contribution in [1.29, 1.82) is 0 Å². The second kappa shape index (κ2) is 7.62. The van der Waals surface area contributed by atoms with Gasteiger partial charge in [0.2, 0.25) is 5.91 Å². The number of carbonyl (C=O) groups excluding carboxylic acids is 1. The first-order valence-corrected chi connectivity index (χ1v) is 6.07. The molecule has 5 heteroatoms. The molecule has 0 saturated carbocycles. The van der Waals surface area contributed by atoms with Gasteiger partial charge >= 0.3 is 0 Å². The number of nitrogens with two attached hydrogens (primary N) is 1. The van der Waals surface area contributed by atoms with Crippen molar-refractivity contribution in [3.8, 4) is 0 Å². The maximum Gasteiger partial charge on any atom is 0.224 e. The third-order valence-corrected chi connectivity index (χ3v) is 3.17. The summed E-state index contributed by atoms with van der Waals surface area (Å²) < 4.78 is 0. The SMILES string of the molecule is CC(N)CC(=O)N(C)C(C)c1ccccc1Cl.Cl. The molecule has 18 heavy (non-hydrogen) atoms. The molecule has 0 radical (unpaired) electrons. The van der Waals surface area contributed by atoms with E-state index in [9.17, 15) is 4.79 Å². The molecule has 1 aromatic carbocycles. The highest BCUT2D eigenvalue weighted by Gasteiger charge is 2.19. The van der Waals surface area contributed by atoms with Gasteiger partial charge in [-0.3, -0.25) is 4.79 Å². The Hall–Kier alpha value is -0.770. The molecule has 1 aromatic rings. The van der Waals surface area contributed by atoms with Gasteiger partial charge in [-0.05, 0) is 25.5 Å². The maximum absolute atomic E-state index is 11.9. The van der Waals surface area contributed by atoms with Crippen molar-refractivity contribution < 1.29 is 4.79 Å². The average Bonchev–Trinajstić information content (AvgIpc) is 2.27. The first kappa shape index (κ1) is 17.2. The van der Waals surface area contributed by atoms with Crippen LogP contribution in [0, 0.1) is 0 Å². The topological polar surface area (TPSA) is 46.3 Å². The third kappa shape index (κ3) is 4.48. The van der Waals surface area contributed by atoms with Crippen LogP contribution in [0.2, 0.25) is 5.02 Å². The van der Waals surface area contributed by atoms with Crippen molar-refractivity contribution in [3.63, 3.8) is 0 Å². The van der Waals surface area contributed by atoms with Gasteiger partial charge in [-0.1, -0.05) is 29.8 Å². The molecular formula is C13H20Cl2N2O. The van der Waals surface area contributed by atoms with Gasteiger partial charge < -0.3 is 10.6 Å². The summed E-state index contributed by atoms with van der Waals surface area (Å²) in [5, 5.41) is 0.681. The lowest BCUT2D eigenvalue weighted by Crippen LogP contribution is -2.33. The van der Waals surface area contributed by atoms with E-state index in [0.29, 0.717) is 11.4 Å².